The first-order chi connectivity index (χ1) is 8.79. The molecule has 0 fully saturated rings. The van der Waals surface area contributed by atoms with Crippen molar-refractivity contribution in [3.05, 3.63) is 59.9 Å². The minimum atomic E-state index is -0.351. The minimum Gasteiger partial charge on any atom is -0.489 e. The molecular weight excluding hydrogens is 230 g/mol. The molecule has 1 aromatic heterocycles. The SMILES string of the molecule is COC(=O)c1ccc(OCc2ccncc2)cc1. The summed E-state index contributed by atoms with van der Waals surface area (Å²) in [6, 6.07) is 10.6. The van der Waals surface area contributed by atoms with Gasteiger partial charge in [0.1, 0.15) is 12.4 Å². The Morgan fingerprint density at radius 2 is 1.78 bits per heavy atom. The maximum absolute atomic E-state index is 11.2. The predicted molar refractivity (Wildman–Crippen MR) is 66.4 cm³/mol. The Labute approximate surface area is 105 Å². The standard InChI is InChI=1S/C14H13NO3/c1-17-14(16)12-2-4-13(5-3-12)18-10-11-6-8-15-9-7-11/h2-9H,10H2,1H3. The summed E-state index contributed by atoms with van der Waals surface area (Å²) in [6.45, 7) is 0.472. The molecule has 0 bridgehead atoms. The van der Waals surface area contributed by atoms with Crippen LogP contribution >= 0.6 is 0 Å². The molecule has 0 aliphatic heterocycles. The lowest BCUT2D eigenvalue weighted by atomic mass is 10.2. The molecule has 0 saturated heterocycles. The second-order valence-electron chi connectivity index (χ2n) is 3.66. The van der Waals surface area contributed by atoms with E-state index in [1.54, 1.807) is 36.7 Å². The second-order valence-corrected chi connectivity index (χ2v) is 3.66. The average Bonchev–Trinajstić information content (AvgIpc) is 2.46. The Kier molecular flexibility index (Phi) is 3.91. The van der Waals surface area contributed by atoms with E-state index in [9.17, 15) is 4.79 Å². The van der Waals surface area contributed by atoms with E-state index < -0.39 is 0 Å². The van der Waals surface area contributed by atoms with Crippen LogP contribution in [0.4, 0.5) is 0 Å². The Hall–Kier alpha value is -2.36. The van der Waals surface area contributed by atoms with Crippen LogP contribution in [0.1, 0.15) is 15.9 Å². The highest BCUT2D eigenvalue weighted by atomic mass is 16.5. The summed E-state index contributed by atoms with van der Waals surface area (Å²) in [5.74, 6) is 0.357. The number of rotatable bonds is 4. The Bertz CT molecular complexity index is 508. The highest BCUT2D eigenvalue weighted by molar-refractivity contribution is 5.89. The first-order valence-electron chi connectivity index (χ1n) is 5.49. The van der Waals surface area contributed by atoms with Crippen molar-refractivity contribution in [3.8, 4) is 5.75 Å². The van der Waals surface area contributed by atoms with E-state index in [0.29, 0.717) is 17.9 Å². The largest absolute Gasteiger partial charge is 0.489 e. The van der Waals surface area contributed by atoms with Crippen LogP contribution in [0.2, 0.25) is 0 Å². The van der Waals surface area contributed by atoms with E-state index in [4.69, 9.17) is 4.74 Å². The van der Waals surface area contributed by atoms with E-state index in [0.717, 1.165) is 5.56 Å². The maximum atomic E-state index is 11.2. The topological polar surface area (TPSA) is 48.4 Å². The van der Waals surface area contributed by atoms with Crippen molar-refractivity contribution in [2.24, 2.45) is 0 Å². The van der Waals surface area contributed by atoms with Crippen molar-refractivity contribution >= 4 is 5.97 Å². The smallest absolute Gasteiger partial charge is 0.337 e. The van der Waals surface area contributed by atoms with E-state index in [1.165, 1.54) is 7.11 Å². The summed E-state index contributed by atoms with van der Waals surface area (Å²) in [6.07, 6.45) is 3.44. The van der Waals surface area contributed by atoms with E-state index in [2.05, 4.69) is 9.72 Å². The van der Waals surface area contributed by atoms with Gasteiger partial charge in [-0.25, -0.2) is 4.79 Å². The van der Waals surface area contributed by atoms with Crippen molar-refractivity contribution in [1.82, 2.24) is 4.98 Å². The monoisotopic (exact) mass is 243 g/mol. The molecule has 0 N–H and O–H groups in total. The third kappa shape index (κ3) is 3.07. The first kappa shape index (κ1) is 12.1. The van der Waals surface area contributed by atoms with Gasteiger partial charge in [-0.3, -0.25) is 4.98 Å². The number of hydrogen-bond donors (Lipinski definition) is 0. The van der Waals surface area contributed by atoms with Gasteiger partial charge in [-0.1, -0.05) is 0 Å². The van der Waals surface area contributed by atoms with Crippen molar-refractivity contribution in [2.45, 2.75) is 6.61 Å². The molecule has 92 valence electrons. The van der Waals surface area contributed by atoms with Crippen LogP contribution in [0.25, 0.3) is 0 Å². The maximum Gasteiger partial charge on any atom is 0.337 e. The molecule has 18 heavy (non-hydrogen) atoms. The van der Waals surface area contributed by atoms with E-state index in [-0.39, 0.29) is 5.97 Å². The first-order valence-corrected chi connectivity index (χ1v) is 5.49. The van der Waals surface area contributed by atoms with Gasteiger partial charge in [0.25, 0.3) is 0 Å². The van der Waals surface area contributed by atoms with Gasteiger partial charge >= 0.3 is 5.97 Å². The molecular formula is C14H13NO3. The Morgan fingerprint density at radius 3 is 2.39 bits per heavy atom. The lowest BCUT2D eigenvalue weighted by molar-refractivity contribution is 0.0600. The van der Waals surface area contributed by atoms with Crippen LogP contribution in [0.3, 0.4) is 0 Å². The van der Waals surface area contributed by atoms with Gasteiger partial charge in [0, 0.05) is 12.4 Å². The molecule has 4 nitrogen and oxygen atoms in total. The van der Waals surface area contributed by atoms with Gasteiger partial charge in [-0.2, -0.15) is 0 Å². The number of carbonyl (C=O) groups is 1. The normalized spacial score (nSPS) is 9.83. The number of esters is 1. The number of nitrogens with zero attached hydrogens (tertiary/aromatic N) is 1. The summed E-state index contributed by atoms with van der Waals surface area (Å²) in [5.41, 5.74) is 1.55. The van der Waals surface area contributed by atoms with Crippen LogP contribution in [-0.4, -0.2) is 18.1 Å². The molecule has 1 heterocycles. The molecule has 0 aliphatic rings. The molecule has 0 amide bonds. The second kappa shape index (κ2) is 5.82. The number of carbonyl (C=O) groups excluding carboxylic acids is 1. The van der Waals surface area contributed by atoms with E-state index >= 15 is 0 Å². The average molecular weight is 243 g/mol. The van der Waals surface area contributed by atoms with Crippen LogP contribution in [0, 0.1) is 0 Å². The number of hydrogen-bond acceptors (Lipinski definition) is 4. The zero-order valence-electron chi connectivity index (χ0n) is 10.00. The van der Waals surface area contributed by atoms with Crippen LogP contribution in [-0.2, 0) is 11.3 Å². The molecule has 0 unspecified atom stereocenters. The fourth-order valence-corrected chi connectivity index (χ4v) is 1.45. The van der Waals surface area contributed by atoms with Crippen LogP contribution < -0.4 is 4.74 Å². The third-order valence-corrected chi connectivity index (χ3v) is 2.43. The summed E-state index contributed by atoms with van der Waals surface area (Å²) >= 11 is 0. The van der Waals surface area contributed by atoms with Gasteiger partial charge in [0.05, 0.1) is 12.7 Å². The van der Waals surface area contributed by atoms with Crippen LogP contribution in [0.5, 0.6) is 5.75 Å². The molecule has 0 spiro atoms. The van der Waals surface area contributed by atoms with Gasteiger partial charge in [0.2, 0.25) is 0 Å². The van der Waals surface area contributed by atoms with Gasteiger partial charge < -0.3 is 9.47 Å². The fraction of sp³-hybridized carbons (Fsp3) is 0.143. The zero-order valence-corrected chi connectivity index (χ0v) is 10.00. The Balaban J connectivity index is 1.97. The van der Waals surface area contributed by atoms with Gasteiger partial charge in [-0.05, 0) is 42.0 Å². The highest BCUT2D eigenvalue weighted by Crippen LogP contribution is 2.14. The molecule has 2 aromatic rings. The van der Waals surface area contributed by atoms with Crippen LogP contribution in [0.15, 0.2) is 48.8 Å². The van der Waals surface area contributed by atoms with Gasteiger partial charge in [0.15, 0.2) is 0 Å². The molecule has 0 saturated carbocycles. The molecule has 2 rings (SSSR count). The highest BCUT2D eigenvalue weighted by Gasteiger charge is 2.04. The third-order valence-electron chi connectivity index (χ3n) is 2.43. The summed E-state index contributed by atoms with van der Waals surface area (Å²) in [5, 5.41) is 0. The lowest BCUT2D eigenvalue weighted by Crippen LogP contribution is -2.01. The van der Waals surface area contributed by atoms with Crippen molar-refractivity contribution in [1.29, 1.82) is 0 Å². The number of pyridine rings is 1. The van der Waals surface area contributed by atoms with E-state index in [1.807, 2.05) is 12.1 Å². The molecule has 0 aliphatic carbocycles. The number of ether oxygens (including phenoxy) is 2. The summed E-state index contributed by atoms with van der Waals surface area (Å²) < 4.78 is 10.2. The predicted octanol–water partition coefficient (Wildman–Crippen LogP) is 2.45. The molecule has 4 heteroatoms. The quantitative estimate of drug-likeness (QED) is 0.774. The van der Waals surface area contributed by atoms with Crippen molar-refractivity contribution in [2.75, 3.05) is 7.11 Å². The molecule has 0 radical (unpaired) electrons. The van der Waals surface area contributed by atoms with Gasteiger partial charge in [-0.15, -0.1) is 0 Å². The van der Waals surface area contributed by atoms with Crippen molar-refractivity contribution < 1.29 is 14.3 Å². The lowest BCUT2D eigenvalue weighted by Gasteiger charge is -2.06. The minimum absolute atomic E-state index is 0.351. The van der Waals surface area contributed by atoms with Crippen molar-refractivity contribution in [3.63, 3.8) is 0 Å². The number of methoxy groups -OCH3 is 1. The molecule has 0 atom stereocenters. The Morgan fingerprint density at radius 1 is 1.11 bits per heavy atom. The number of benzene rings is 1. The summed E-state index contributed by atoms with van der Waals surface area (Å²) in [7, 11) is 1.36. The summed E-state index contributed by atoms with van der Waals surface area (Å²) in [4.78, 5) is 15.2. The number of aromatic nitrogens is 1. The molecule has 1 aromatic carbocycles. The zero-order chi connectivity index (χ0) is 12.8. The fourth-order valence-electron chi connectivity index (χ4n) is 1.45.